The molecule has 1 aliphatic carbocycles. The summed E-state index contributed by atoms with van der Waals surface area (Å²) in [6, 6.07) is 17.9. The second kappa shape index (κ2) is 10.6. The van der Waals surface area contributed by atoms with Crippen LogP contribution in [-0.2, 0) is 11.2 Å². The predicted octanol–water partition coefficient (Wildman–Crippen LogP) is 4.75. The van der Waals surface area contributed by atoms with Crippen molar-refractivity contribution in [2.75, 3.05) is 6.54 Å². The lowest BCUT2D eigenvalue weighted by Crippen LogP contribution is -2.49. The summed E-state index contributed by atoms with van der Waals surface area (Å²) in [6.45, 7) is 6.93. The Balaban J connectivity index is 1.43. The lowest BCUT2D eigenvalue weighted by molar-refractivity contribution is -0.137. The van der Waals surface area contributed by atoms with Crippen LogP contribution in [0.5, 0.6) is 0 Å². The normalized spacial score (nSPS) is 20.1. The van der Waals surface area contributed by atoms with Crippen LogP contribution in [0.4, 0.5) is 0 Å². The molecule has 6 nitrogen and oxygen atoms in total. The molecule has 2 aromatic carbocycles. The van der Waals surface area contributed by atoms with Gasteiger partial charge < -0.3 is 15.7 Å². The molecule has 1 aromatic heterocycles. The average Bonchev–Trinajstić information content (AvgIpc) is 3.55. The van der Waals surface area contributed by atoms with Gasteiger partial charge >= 0.3 is 5.97 Å². The minimum atomic E-state index is -0.818. The van der Waals surface area contributed by atoms with E-state index < -0.39 is 5.97 Å². The lowest BCUT2D eigenvalue weighted by atomic mass is 10.00. The van der Waals surface area contributed by atoms with Crippen LogP contribution in [0.25, 0.3) is 10.8 Å². The summed E-state index contributed by atoms with van der Waals surface area (Å²) < 4.78 is 0. The van der Waals surface area contributed by atoms with E-state index >= 15 is 0 Å². The minimum absolute atomic E-state index is 0.0501. The molecule has 35 heavy (non-hydrogen) atoms. The van der Waals surface area contributed by atoms with E-state index in [2.05, 4.69) is 60.7 Å². The largest absolute Gasteiger partial charge is 0.481 e. The van der Waals surface area contributed by atoms with Gasteiger partial charge in [0.15, 0.2) is 0 Å². The molecule has 6 heteroatoms. The van der Waals surface area contributed by atoms with Gasteiger partial charge in [0.1, 0.15) is 5.69 Å². The second-order valence-electron chi connectivity index (χ2n) is 10.3. The number of pyridine rings is 1. The highest BCUT2D eigenvalue weighted by Crippen LogP contribution is 2.48. The van der Waals surface area contributed by atoms with Crippen molar-refractivity contribution in [3.8, 4) is 0 Å². The summed E-state index contributed by atoms with van der Waals surface area (Å²) in [6.07, 6.45) is 4.18. The molecule has 4 rings (SSSR count). The van der Waals surface area contributed by atoms with Crippen LogP contribution in [0, 0.1) is 18.8 Å². The summed E-state index contributed by atoms with van der Waals surface area (Å²) >= 11 is 0. The van der Waals surface area contributed by atoms with Crippen molar-refractivity contribution in [1.82, 2.24) is 15.6 Å². The fourth-order valence-electron chi connectivity index (χ4n) is 5.01. The van der Waals surface area contributed by atoms with Gasteiger partial charge in [-0.25, -0.2) is 0 Å². The Morgan fingerprint density at radius 2 is 1.83 bits per heavy atom. The summed E-state index contributed by atoms with van der Waals surface area (Å²) in [5.41, 5.74) is 2.42. The Hall–Kier alpha value is -3.25. The van der Waals surface area contributed by atoms with Crippen molar-refractivity contribution < 1.29 is 14.7 Å². The average molecular weight is 474 g/mol. The minimum Gasteiger partial charge on any atom is -0.481 e. The van der Waals surface area contributed by atoms with E-state index in [9.17, 15) is 14.7 Å². The van der Waals surface area contributed by atoms with Crippen LogP contribution in [0.15, 0.2) is 60.8 Å². The molecule has 3 atom stereocenters. The maximum atomic E-state index is 13.2. The Kier molecular flexibility index (Phi) is 7.51. The van der Waals surface area contributed by atoms with E-state index in [1.54, 1.807) is 6.20 Å². The number of carboxylic acids is 1. The maximum absolute atomic E-state index is 13.2. The molecule has 0 spiro atoms. The first-order chi connectivity index (χ1) is 16.8. The van der Waals surface area contributed by atoms with Gasteiger partial charge in [0, 0.05) is 24.2 Å². The standard InChI is InChI=1S/C29H35N3O3/c1-19(2)25-16-29(25,32-28(35)26-14-22-6-4-5-7-23(22)17-30-26)18-31-24(15-27(33)34)13-12-21-10-8-20(3)9-11-21/h4-11,14,17,19,24-25,31H,12-13,15-16,18H2,1-3H3,(H,32,35)(H,33,34)/t24-,25?,29?/m0/s1. The number of aromatic nitrogens is 1. The third-order valence-electron chi connectivity index (χ3n) is 7.19. The van der Waals surface area contributed by atoms with E-state index in [-0.39, 0.29) is 23.9 Å². The number of rotatable bonds is 11. The van der Waals surface area contributed by atoms with Crippen LogP contribution in [0.1, 0.15) is 54.7 Å². The van der Waals surface area contributed by atoms with Gasteiger partial charge in [0.2, 0.25) is 0 Å². The first kappa shape index (κ1) is 24.9. The molecule has 1 heterocycles. The van der Waals surface area contributed by atoms with Crippen LogP contribution in [-0.4, -0.2) is 40.1 Å². The van der Waals surface area contributed by atoms with Gasteiger partial charge in [-0.3, -0.25) is 14.6 Å². The molecule has 0 radical (unpaired) electrons. The summed E-state index contributed by atoms with van der Waals surface area (Å²) in [7, 11) is 0. The number of benzene rings is 2. The number of carboxylic acid groups (broad SMARTS) is 1. The number of aryl methyl sites for hydroxylation is 2. The monoisotopic (exact) mass is 473 g/mol. The molecule has 3 N–H and O–H groups in total. The number of nitrogens with zero attached hydrogens (tertiary/aromatic N) is 1. The zero-order chi connectivity index (χ0) is 25.0. The fraction of sp³-hybridized carbons (Fsp3) is 0.414. The Morgan fingerprint density at radius 1 is 1.11 bits per heavy atom. The van der Waals surface area contributed by atoms with E-state index in [4.69, 9.17) is 0 Å². The maximum Gasteiger partial charge on any atom is 0.304 e. The molecule has 0 bridgehead atoms. The Bertz CT molecular complexity index is 1190. The number of fused-ring (bicyclic) bond motifs is 1. The van der Waals surface area contributed by atoms with Crippen molar-refractivity contribution in [3.05, 3.63) is 77.6 Å². The first-order valence-electron chi connectivity index (χ1n) is 12.4. The van der Waals surface area contributed by atoms with E-state index in [0.717, 1.165) is 30.0 Å². The molecule has 3 aromatic rings. The third-order valence-corrected chi connectivity index (χ3v) is 7.19. The fourth-order valence-corrected chi connectivity index (χ4v) is 5.01. The molecule has 1 fully saturated rings. The van der Waals surface area contributed by atoms with Crippen LogP contribution < -0.4 is 10.6 Å². The predicted molar refractivity (Wildman–Crippen MR) is 138 cm³/mol. The zero-order valence-corrected chi connectivity index (χ0v) is 20.8. The number of carbonyl (C=O) groups excluding carboxylic acids is 1. The van der Waals surface area contributed by atoms with Gasteiger partial charge in [-0.05, 0) is 55.0 Å². The van der Waals surface area contributed by atoms with Crippen LogP contribution in [0.3, 0.4) is 0 Å². The Morgan fingerprint density at radius 3 is 2.49 bits per heavy atom. The molecule has 0 aliphatic heterocycles. The molecule has 184 valence electrons. The second-order valence-corrected chi connectivity index (χ2v) is 10.3. The van der Waals surface area contributed by atoms with Crippen molar-refractivity contribution >= 4 is 22.6 Å². The quantitative estimate of drug-likeness (QED) is 0.374. The topological polar surface area (TPSA) is 91.3 Å². The number of hydrogen-bond donors (Lipinski definition) is 3. The van der Waals surface area contributed by atoms with Crippen LogP contribution in [0.2, 0.25) is 0 Å². The number of aliphatic carboxylic acids is 1. The highest BCUT2D eigenvalue weighted by molar-refractivity contribution is 5.97. The smallest absolute Gasteiger partial charge is 0.304 e. The van der Waals surface area contributed by atoms with E-state index in [1.807, 2.05) is 30.3 Å². The number of hydrogen-bond acceptors (Lipinski definition) is 4. The lowest BCUT2D eigenvalue weighted by Gasteiger charge is -2.25. The van der Waals surface area contributed by atoms with E-state index in [1.165, 1.54) is 11.1 Å². The summed E-state index contributed by atoms with van der Waals surface area (Å²) in [5, 5.41) is 18.2. The van der Waals surface area contributed by atoms with Crippen molar-refractivity contribution in [2.24, 2.45) is 11.8 Å². The third kappa shape index (κ3) is 6.25. The number of carbonyl (C=O) groups is 2. The molecule has 1 saturated carbocycles. The van der Waals surface area contributed by atoms with Gasteiger partial charge in [0.25, 0.3) is 5.91 Å². The van der Waals surface area contributed by atoms with Gasteiger partial charge in [-0.2, -0.15) is 0 Å². The highest BCUT2D eigenvalue weighted by atomic mass is 16.4. The SMILES string of the molecule is Cc1ccc(CC[C@@H](CC(=O)O)NCC2(NC(=O)c3cc4ccccc4cn3)CC2C(C)C)cc1. The highest BCUT2D eigenvalue weighted by Gasteiger charge is 2.56. The van der Waals surface area contributed by atoms with Crippen molar-refractivity contribution in [1.29, 1.82) is 0 Å². The molecule has 1 amide bonds. The van der Waals surface area contributed by atoms with E-state index in [0.29, 0.717) is 24.1 Å². The first-order valence-corrected chi connectivity index (χ1v) is 12.4. The van der Waals surface area contributed by atoms with Crippen LogP contribution >= 0.6 is 0 Å². The van der Waals surface area contributed by atoms with Gasteiger partial charge in [0.05, 0.1) is 12.0 Å². The summed E-state index contributed by atoms with van der Waals surface area (Å²) in [4.78, 5) is 29.1. The molecular formula is C29H35N3O3. The molecular weight excluding hydrogens is 438 g/mol. The van der Waals surface area contributed by atoms with Gasteiger partial charge in [-0.15, -0.1) is 0 Å². The zero-order valence-electron chi connectivity index (χ0n) is 20.8. The van der Waals surface area contributed by atoms with Crippen molar-refractivity contribution in [2.45, 2.75) is 58.0 Å². The number of nitrogens with one attached hydrogen (secondary N) is 2. The number of amides is 1. The molecule has 0 saturated heterocycles. The van der Waals surface area contributed by atoms with Gasteiger partial charge in [-0.1, -0.05) is 67.9 Å². The van der Waals surface area contributed by atoms with Crippen molar-refractivity contribution in [3.63, 3.8) is 0 Å². The summed E-state index contributed by atoms with van der Waals surface area (Å²) in [5.74, 6) is -0.259. The molecule has 1 aliphatic rings. The molecule has 2 unspecified atom stereocenters. The Labute approximate surface area is 207 Å².